The molecule has 1 aliphatic heterocycles. The van der Waals surface area contributed by atoms with Crippen molar-refractivity contribution in [3.8, 4) is 0 Å². The van der Waals surface area contributed by atoms with Crippen LogP contribution in [0.2, 0.25) is 0 Å². The van der Waals surface area contributed by atoms with Gasteiger partial charge in [-0.25, -0.2) is 4.79 Å². The lowest BCUT2D eigenvalue weighted by molar-refractivity contribution is -0.137. The third kappa shape index (κ3) is 27.8. The zero-order valence-electron chi connectivity index (χ0n) is 63.9. The molecular formula is C75H107N21O16S. The van der Waals surface area contributed by atoms with Gasteiger partial charge in [0, 0.05) is 60.9 Å². The Bertz CT molecular complexity index is 4100. The Morgan fingerprint density at radius 3 is 1.79 bits per heavy atom. The Morgan fingerprint density at radius 2 is 1.20 bits per heavy atom. The average Bonchev–Trinajstić information content (AvgIpc) is 1.63. The molecule has 0 spiro atoms. The number of nitrogens with two attached hydrogens (primary N) is 5. The molecule has 6 rings (SSSR count). The molecule has 3 aromatic carbocycles. The van der Waals surface area contributed by atoms with E-state index in [0.717, 1.165) is 11.6 Å². The van der Waals surface area contributed by atoms with Crippen molar-refractivity contribution in [2.45, 2.75) is 168 Å². The van der Waals surface area contributed by atoms with Crippen molar-refractivity contribution in [3.63, 3.8) is 0 Å². The van der Waals surface area contributed by atoms with Crippen LogP contribution in [0, 0.1) is 5.92 Å². The minimum absolute atomic E-state index is 0.0142. The second-order valence-electron chi connectivity index (χ2n) is 27.3. The Balaban J connectivity index is 1.24. The molecule has 2 aromatic heterocycles. The topological polar surface area (TPSA) is 591 Å². The molecule has 0 radical (unpaired) electrons. The Kier molecular flexibility index (Phi) is 37.2. The first kappa shape index (κ1) is 91.0. The van der Waals surface area contributed by atoms with Gasteiger partial charge in [-0.1, -0.05) is 74.1 Å². The molecule has 0 unspecified atom stereocenters. The van der Waals surface area contributed by atoms with Gasteiger partial charge in [0.1, 0.15) is 60.4 Å². The fourth-order valence-electron chi connectivity index (χ4n) is 12.0. The van der Waals surface area contributed by atoms with E-state index in [2.05, 4.69) is 73.9 Å². The van der Waals surface area contributed by atoms with Crippen molar-refractivity contribution >= 4 is 112 Å². The minimum Gasteiger partial charge on any atom is -0.395 e. The number of aliphatic hydroxyl groups excluding tert-OH is 3. The maximum Gasteiger partial charge on any atom is 0.345 e. The van der Waals surface area contributed by atoms with Crippen LogP contribution in [-0.4, -0.2) is 251 Å². The number of carbonyl (C=O) groups excluding carboxylic acids is 13. The van der Waals surface area contributed by atoms with E-state index in [9.17, 15) is 77.6 Å². The molecule has 1 fully saturated rings. The van der Waals surface area contributed by atoms with Gasteiger partial charge in [0.05, 0.1) is 41.3 Å². The summed E-state index contributed by atoms with van der Waals surface area (Å²) in [5.41, 5.74) is 32.0. The summed E-state index contributed by atoms with van der Waals surface area (Å²) in [7, 11) is 1.52. The molecule has 37 nitrogen and oxygen atoms in total. The standard InChI is InChI=1S/C75H107N21O16S/c1-42(2)39-57-71(108)87-52(23-30-77)65(102)86-55(26-33-80)70(107)92-62(43(3)98)73(110)83-35-27-56(68(105)85-53(24-31-78)67(104)91-58(72(109)90-57)40-45-13-7-6-8-14-45)88-66(103)54(25-32-79)89-74(111)63(44(4)99)93-69(106)51(22-29-76)84-61(100)28-36-95(37-38-97)75(112)96-59-41-47(113-60-17-10-9-16-49(60)64(101)81-5)19-20-48(59)50(94-96)21-18-46-15-11-12-34-82-46/h6-21,34,41-44,51-58,62-63,97-99H,22-33,35-40,76-80H2,1-5H3,(H,81,101)(H,83,110)(H,84,100)(H,85,105)(H,86,102)(H,87,108)(H,88,103)(H,89,111)(H,90,109)(H,91,104)(H,92,107)(H,93,106)/b21-18+/t43-,44-,51+,52-,53-,54-,55-,56+,57-,58-,62-,63+/m1/s1. The van der Waals surface area contributed by atoms with E-state index in [1.165, 1.54) is 30.6 Å². The molecule has 113 heavy (non-hydrogen) atoms. The van der Waals surface area contributed by atoms with Crippen molar-refractivity contribution in [2.75, 3.05) is 66.0 Å². The summed E-state index contributed by atoms with van der Waals surface area (Å²) in [5.74, 6) is -11.3. The molecule has 12 atom stereocenters. The van der Waals surface area contributed by atoms with E-state index in [0.29, 0.717) is 43.2 Å². The van der Waals surface area contributed by atoms with Gasteiger partial charge in [0.2, 0.25) is 65.0 Å². The summed E-state index contributed by atoms with van der Waals surface area (Å²) in [6.45, 7) is 3.11. The highest BCUT2D eigenvalue weighted by molar-refractivity contribution is 7.99. The number of amides is 13. The lowest BCUT2D eigenvalue weighted by Gasteiger charge is -2.29. The number of fused-ring (bicyclic) bond motifs is 1. The van der Waals surface area contributed by atoms with Crippen LogP contribution in [0.4, 0.5) is 4.79 Å². The largest absolute Gasteiger partial charge is 0.395 e. The number of aliphatic hydroxyl groups is 3. The van der Waals surface area contributed by atoms with E-state index in [1.54, 1.807) is 117 Å². The smallest absolute Gasteiger partial charge is 0.345 e. The molecular weight excluding hydrogens is 1480 g/mol. The Hall–Kier alpha value is -10.8. The number of nitrogens with one attached hydrogen (secondary N) is 12. The molecule has 0 saturated carbocycles. The van der Waals surface area contributed by atoms with Crippen molar-refractivity contribution in [1.29, 1.82) is 0 Å². The molecule has 1 saturated heterocycles. The molecule has 0 aliphatic carbocycles. The highest BCUT2D eigenvalue weighted by Gasteiger charge is 2.38. The van der Waals surface area contributed by atoms with Crippen LogP contribution < -0.4 is 92.5 Å². The number of pyridine rings is 1. The number of benzene rings is 3. The number of rotatable bonds is 33. The maximum atomic E-state index is 14.8. The summed E-state index contributed by atoms with van der Waals surface area (Å²) < 4.78 is 1.12. The first-order valence-corrected chi connectivity index (χ1v) is 38.1. The number of hydrogen-bond acceptors (Lipinski definition) is 24. The predicted octanol–water partition coefficient (Wildman–Crippen LogP) is -4.07. The van der Waals surface area contributed by atoms with E-state index < -0.39 is 170 Å². The summed E-state index contributed by atoms with van der Waals surface area (Å²) in [6.07, 6.45) is -0.703. The quantitative estimate of drug-likeness (QED) is 0.0190. The van der Waals surface area contributed by atoms with E-state index in [1.807, 2.05) is 6.07 Å². The van der Waals surface area contributed by atoms with Gasteiger partial charge in [-0.05, 0) is 158 Å². The predicted molar refractivity (Wildman–Crippen MR) is 419 cm³/mol. The minimum atomic E-state index is -1.87. The van der Waals surface area contributed by atoms with Crippen LogP contribution in [0.5, 0.6) is 0 Å². The SMILES string of the molecule is CNC(=O)c1ccccc1Sc1ccc2c(/C=C/c3ccccn3)nn(C(=O)N(CCO)CCC(=O)N[C@@H](CCN)C(=O)N[C@H](C(=O)N[C@H](CCN)C(=O)N[C@H]3CCNC(=O)[C@@H]([C@@H](C)O)NC(=O)[C@@H](CCN)NC(=O)[C@@H](CCN)NC(=O)[C@@H](CC(C)C)NC(=O)[C@@H](Cc4ccccc4)NC(=O)[C@@H](CCN)NC3=O)[C@@H](C)O)c2c1. The van der Waals surface area contributed by atoms with E-state index in [-0.39, 0.29) is 103 Å². The molecule has 25 N–H and O–H groups in total. The highest BCUT2D eigenvalue weighted by Crippen LogP contribution is 2.34. The maximum absolute atomic E-state index is 14.8. The number of carbonyl (C=O) groups is 13. The fraction of sp³-hybridized carbons (Fsp3) is 0.480. The second kappa shape index (κ2) is 46.2. The van der Waals surface area contributed by atoms with Crippen molar-refractivity contribution in [1.82, 2.24) is 83.5 Å². The van der Waals surface area contributed by atoms with Crippen LogP contribution in [0.3, 0.4) is 0 Å². The molecule has 614 valence electrons. The molecule has 5 aromatic rings. The van der Waals surface area contributed by atoms with Crippen LogP contribution in [0.15, 0.2) is 107 Å². The lowest BCUT2D eigenvalue weighted by atomic mass is 10.00. The Labute approximate surface area is 658 Å². The second-order valence-corrected chi connectivity index (χ2v) is 28.4. The van der Waals surface area contributed by atoms with Gasteiger partial charge in [0.25, 0.3) is 5.91 Å². The van der Waals surface area contributed by atoms with Gasteiger partial charge in [-0.2, -0.15) is 9.78 Å². The fourth-order valence-corrected chi connectivity index (χ4v) is 13.0. The van der Waals surface area contributed by atoms with E-state index >= 15 is 0 Å². The van der Waals surface area contributed by atoms with Gasteiger partial charge in [-0.3, -0.25) is 62.5 Å². The summed E-state index contributed by atoms with van der Waals surface area (Å²) in [4.78, 5) is 192. The first-order valence-electron chi connectivity index (χ1n) is 37.3. The van der Waals surface area contributed by atoms with Crippen LogP contribution >= 0.6 is 11.8 Å². The molecule has 38 heteroatoms. The molecule has 0 bridgehead atoms. The van der Waals surface area contributed by atoms with Gasteiger partial charge >= 0.3 is 6.03 Å². The first-order chi connectivity index (χ1) is 54.1. The van der Waals surface area contributed by atoms with Crippen molar-refractivity contribution in [3.05, 3.63) is 120 Å². The van der Waals surface area contributed by atoms with Gasteiger partial charge < -0.3 is 113 Å². The number of nitrogens with zero attached hydrogens (tertiary/aromatic N) is 4. The van der Waals surface area contributed by atoms with Crippen LogP contribution in [0.25, 0.3) is 23.1 Å². The van der Waals surface area contributed by atoms with Crippen LogP contribution in [0.1, 0.15) is 106 Å². The van der Waals surface area contributed by atoms with E-state index in [4.69, 9.17) is 28.7 Å². The number of hydrogen-bond donors (Lipinski definition) is 20. The van der Waals surface area contributed by atoms with Gasteiger partial charge in [-0.15, -0.1) is 0 Å². The monoisotopic (exact) mass is 1590 g/mol. The molecule has 3 heterocycles. The number of aromatic nitrogens is 3. The Morgan fingerprint density at radius 1 is 0.628 bits per heavy atom. The van der Waals surface area contributed by atoms with Gasteiger partial charge in [0.15, 0.2) is 0 Å². The summed E-state index contributed by atoms with van der Waals surface area (Å²) in [6, 6.07) is 9.58. The normalized spacial score (nSPS) is 19.8. The highest BCUT2D eigenvalue weighted by atomic mass is 32.2. The lowest BCUT2D eigenvalue weighted by Crippen LogP contribution is -2.62. The molecule has 1 aliphatic rings. The third-order valence-corrected chi connectivity index (χ3v) is 19.1. The van der Waals surface area contributed by atoms with Crippen molar-refractivity contribution < 1.29 is 77.6 Å². The third-order valence-electron chi connectivity index (χ3n) is 18.0. The zero-order chi connectivity index (χ0) is 82.8. The van der Waals surface area contributed by atoms with Crippen molar-refractivity contribution in [2.24, 2.45) is 34.6 Å². The summed E-state index contributed by atoms with van der Waals surface area (Å²) >= 11 is 1.27. The zero-order valence-corrected chi connectivity index (χ0v) is 64.7. The summed E-state index contributed by atoms with van der Waals surface area (Å²) in [5, 5.41) is 68.1. The molecule has 13 amide bonds. The van der Waals surface area contributed by atoms with Crippen LogP contribution in [-0.2, 0) is 59.2 Å². The average molecular weight is 1590 g/mol.